The van der Waals surface area contributed by atoms with Crippen LogP contribution in [0.3, 0.4) is 0 Å². The number of carbonyl (C=O) groups excluding carboxylic acids is 1. The molecule has 1 rings (SSSR count). The van der Waals surface area contributed by atoms with Crippen molar-refractivity contribution in [3.63, 3.8) is 0 Å². The van der Waals surface area contributed by atoms with Gasteiger partial charge in [-0.3, -0.25) is 4.79 Å². The van der Waals surface area contributed by atoms with Gasteiger partial charge in [-0.1, -0.05) is 13.8 Å². The molecule has 1 heterocycles. The zero-order valence-corrected chi connectivity index (χ0v) is 10.3. The molecule has 0 aliphatic carbocycles. The number of nitrogens with zero attached hydrogens (tertiary/aromatic N) is 1. The predicted octanol–water partition coefficient (Wildman–Crippen LogP) is 1.04. The Morgan fingerprint density at radius 2 is 2.23 bits per heavy atom. The van der Waals surface area contributed by atoms with E-state index in [2.05, 4.69) is 19.2 Å². The second-order valence-corrected chi connectivity index (χ2v) is 3.85. The molecular weight excluding hydrogens is 232 g/mol. The zero-order valence-electron chi connectivity index (χ0n) is 8.54. The van der Waals surface area contributed by atoms with E-state index in [1.807, 2.05) is 11.8 Å². The van der Waals surface area contributed by atoms with E-state index in [9.17, 15) is 4.79 Å². The van der Waals surface area contributed by atoms with Gasteiger partial charge in [0.25, 0.3) is 0 Å². The lowest BCUT2D eigenvalue weighted by Crippen LogP contribution is -2.54. The molecule has 0 radical (unpaired) electrons. The highest BCUT2D eigenvalue weighted by molar-refractivity contribution is 8.93. The summed E-state index contributed by atoms with van der Waals surface area (Å²) >= 11 is 0. The molecule has 0 aromatic heterocycles. The van der Waals surface area contributed by atoms with Gasteiger partial charge in [-0.25, -0.2) is 0 Å². The van der Waals surface area contributed by atoms with E-state index < -0.39 is 0 Å². The minimum atomic E-state index is 0. The highest BCUT2D eigenvalue weighted by atomic mass is 79.9. The van der Waals surface area contributed by atoms with Gasteiger partial charge in [0.05, 0.1) is 6.04 Å². The van der Waals surface area contributed by atoms with E-state index in [1.54, 1.807) is 0 Å². The SMILES string of the molecule is Br.CC(C)CN1CCNC(C)C1=O. The Balaban J connectivity index is 0.00000144. The van der Waals surface area contributed by atoms with Crippen molar-refractivity contribution in [3.05, 3.63) is 0 Å². The highest BCUT2D eigenvalue weighted by Gasteiger charge is 2.24. The van der Waals surface area contributed by atoms with Crippen molar-refractivity contribution in [3.8, 4) is 0 Å². The first-order chi connectivity index (χ1) is 5.61. The Kier molecular flexibility index (Phi) is 5.56. The summed E-state index contributed by atoms with van der Waals surface area (Å²) in [5.41, 5.74) is 0. The van der Waals surface area contributed by atoms with Gasteiger partial charge in [-0.15, -0.1) is 17.0 Å². The summed E-state index contributed by atoms with van der Waals surface area (Å²) in [5.74, 6) is 0.814. The van der Waals surface area contributed by atoms with E-state index in [-0.39, 0.29) is 28.9 Å². The molecule has 1 N–H and O–H groups in total. The lowest BCUT2D eigenvalue weighted by molar-refractivity contribution is -0.135. The monoisotopic (exact) mass is 250 g/mol. The van der Waals surface area contributed by atoms with E-state index in [4.69, 9.17) is 0 Å². The standard InChI is InChI=1S/C9H18N2O.BrH/c1-7(2)6-11-5-4-10-8(3)9(11)12;/h7-8,10H,4-6H2,1-3H3;1H. The summed E-state index contributed by atoms with van der Waals surface area (Å²) in [6.45, 7) is 8.89. The van der Waals surface area contributed by atoms with Crippen LogP contribution in [0.25, 0.3) is 0 Å². The number of rotatable bonds is 2. The molecule has 3 nitrogen and oxygen atoms in total. The molecule has 1 aliphatic heterocycles. The second-order valence-electron chi connectivity index (χ2n) is 3.85. The first-order valence-electron chi connectivity index (χ1n) is 4.63. The van der Waals surface area contributed by atoms with Crippen LogP contribution >= 0.6 is 17.0 Å². The number of hydrogen-bond acceptors (Lipinski definition) is 2. The molecule has 1 amide bonds. The average Bonchev–Trinajstić information content (AvgIpc) is 1.98. The third kappa shape index (κ3) is 3.65. The summed E-state index contributed by atoms with van der Waals surface area (Å²) in [6.07, 6.45) is 0. The van der Waals surface area contributed by atoms with Crippen molar-refractivity contribution in [1.82, 2.24) is 10.2 Å². The minimum absolute atomic E-state index is 0. The molecule has 4 heteroatoms. The fourth-order valence-corrected chi connectivity index (χ4v) is 1.51. The molecule has 1 unspecified atom stereocenters. The smallest absolute Gasteiger partial charge is 0.239 e. The number of nitrogens with one attached hydrogen (secondary N) is 1. The summed E-state index contributed by atoms with van der Waals surface area (Å²) in [7, 11) is 0. The summed E-state index contributed by atoms with van der Waals surface area (Å²) in [6, 6.07) is 0.0116. The van der Waals surface area contributed by atoms with Gasteiger partial charge in [0.2, 0.25) is 5.91 Å². The first-order valence-corrected chi connectivity index (χ1v) is 4.63. The van der Waals surface area contributed by atoms with Crippen molar-refractivity contribution in [2.75, 3.05) is 19.6 Å². The molecule has 0 saturated carbocycles. The molecule has 1 fully saturated rings. The Hall–Kier alpha value is -0.0900. The fourth-order valence-electron chi connectivity index (χ4n) is 1.51. The van der Waals surface area contributed by atoms with Gasteiger partial charge in [0.15, 0.2) is 0 Å². The van der Waals surface area contributed by atoms with Crippen LogP contribution in [0.5, 0.6) is 0 Å². The first kappa shape index (κ1) is 12.9. The van der Waals surface area contributed by atoms with Gasteiger partial charge in [0.1, 0.15) is 0 Å². The number of piperazine rings is 1. The van der Waals surface area contributed by atoms with Crippen molar-refractivity contribution in [2.24, 2.45) is 5.92 Å². The van der Waals surface area contributed by atoms with Crippen LogP contribution in [0.15, 0.2) is 0 Å². The third-order valence-corrected chi connectivity index (χ3v) is 2.10. The maximum atomic E-state index is 11.5. The van der Waals surface area contributed by atoms with Gasteiger partial charge in [0, 0.05) is 19.6 Å². The van der Waals surface area contributed by atoms with Crippen molar-refractivity contribution in [1.29, 1.82) is 0 Å². The second kappa shape index (κ2) is 5.60. The Bertz CT molecular complexity index is 173. The van der Waals surface area contributed by atoms with Crippen LogP contribution in [0.2, 0.25) is 0 Å². The summed E-state index contributed by atoms with van der Waals surface area (Å²) < 4.78 is 0. The normalized spacial score (nSPS) is 23.2. The van der Waals surface area contributed by atoms with Gasteiger partial charge in [-0.05, 0) is 12.8 Å². The quantitative estimate of drug-likeness (QED) is 0.795. The van der Waals surface area contributed by atoms with Crippen LogP contribution in [-0.4, -0.2) is 36.5 Å². The molecule has 1 atom stereocenters. The lowest BCUT2D eigenvalue weighted by atomic mass is 10.1. The molecule has 0 aromatic carbocycles. The molecule has 0 bridgehead atoms. The molecule has 1 saturated heterocycles. The Morgan fingerprint density at radius 1 is 1.62 bits per heavy atom. The lowest BCUT2D eigenvalue weighted by Gasteiger charge is -2.32. The van der Waals surface area contributed by atoms with Crippen LogP contribution < -0.4 is 5.32 Å². The van der Waals surface area contributed by atoms with Crippen LogP contribution in [0.4, 0.5) is 0 Å². The maximum Gasteiger partial charge on any atom is 0.239 e. The predicted molar refractivity (Wildman–Crippen MR) is 59.2 cm³/mol. The number of hydrogen-bond donors (Lipinski definition) is 1. The summed E-state index contributed by atoms with van der Waals surface area (Å²) in [4.78, 5) is 13.5. The van der Waals surface area contributed by atoms with Gasteiger partial charge < -0.3 is 10.2 Å². The molecule has 78 valence electrons. The van der Waals surface area contributed by atoms with E-state index in [1.165, 1.54) is 0 Å². The third-order valence-electron chi connectivity index (χ3n) is 2.10. The molecule has 0 aromatic rings. The van der Waals surface area contributed by atoms with Crippen LogP contribution in [0.1, 0.15) is 20.8 Å². The van der Waals surface area contributed by atoms with Crippen molar-refractivity contribution >= 4 is 22.9 Å². The molecular formula is C9H19BrN2O. The highest BCUT2D eigenvalue weighted by Crippen LogP contribution is 2.04. The van der Waals surface area contributed by atoms with Crippen LogP contribution in [-0.2, 0) is 4.79 Å². The number of amides is 1. The summed E-state index contributed by atoms with van der Waals surface area (Å²) in [5, 5.41) is 3.14. The minimum Gasteiger partial charge on any atom is -0.340 e. The van der Waals surface area contributed by atoms with Gasteiger partial charge in [-0.2, -0.15) is 0 Å². The zero-order chi connectivity index (χ0) is 9.14. The molecule has 13 heavy (non-hydrogen) atoms. The van der Waals surface area contributed by atoms with E-state index in [0.717, 1.165) is 19.6 Å². The maximum absolute atomic E-state index is 11.5. The number of carbonyl (C=O) groups is 1. The van der Waals surface area contributed by atoms with E-state index in [0.29, 0.717) is 5.92 Å². The number of halogens is 1. The van der Waals surface area contributed by atoms with Crippen molar-refractivity contribution in [2.45, 2.75) is 26.8 Å². The topological polar surface area (TPSA) is 32.3 Å². The average molecular weight is 251 g/mol. The van der Waals surface area contributed by atoms with Crippen molar-refractivity contribution < 1.29 is 4.79 Å². The van der Waals surface area contributed by atoms with Gasteiger partial charge >= 0.3 is 0 Å². The van der Waals surface area contributed by atoms with Crippen LogP contribution in [0, 0.1) is 5.92 Å². The fraction of sp³-hybridized carbons (Fsp3) is 0.889. The molecule has 1 aliphatic rings. The molecule has 0 spiro atoms. The Labute approximate surface area is 90.6 Å². The largest absolute Gasteiger partial charge is 0.340 e. The van der Waals surface area contributed by atoms with E-state index >= 15 is 0 Å². The Morgan fingerprint density at radius 3 is 2.77 bits per heavy atom.